The lowest BCUT2D eigenvalue weighted by Gasteiger charge is -2.18. The fourth-order valence-corrected chi connectivity index (χ4v) is 2.40. The van der Waals surface area contributed by atoms with Gasteiger partial charge in [-0.1, -0.05) is 37.3 Å². The van der Waals surface area contributed by atoms with E-state index in [0.29, 0.717) is 18.2 Å². The Labute approximate surface area is 126 Å². The van der Waals surface area contributed by atoms with Gasteiger partial charge in [-0.3, -0.25) is 0 Å². The van der Waals surface area contributed by atoms with Crippen molar-refractivity contribution in [2.45, 2.75) is 25.9 Å². The maximum Gasteiger partial charge on any atom is 0.123 e. The van der Waals surface area contributed by atoms with Gasteiger partial charge in [-0.2, -0.15) is 5.26 Å². The highest BCUT2D eigenvalue weighted by Crippen LogP contribution is 2.22. The molecule has 0 aliphatic heterocycles. The SMILES string of the molecule is CCC(NCc1cc(C#N)ccc1OC)c1ccccc1. The average molecular weight is 280 g/mol. The maximum atomic E-state index is 9.02. The van der Waals surface area contributed by atoms with E-state index in [0.717, 1.165) is 17.7 Å². The number of nitrogens with one attached hydrogen (secondary N) is 1. The Morgan fingerprint density at radius 1 is 1.19 bits per heavy atom. The number of hydrogen-bond donors (Lipinski definition) is 1. The van der Waals surface area contributed by atoms with Crippen LogP contribution >= 0.6 is 0 Å². The minimum absolute atomic E-state index is 0.293. The van der Waals surface area contributed by atoms with Crippen molar-refractivity contribution in [1.29, 1.82) is 5.26 Å². The van der Waals surface area contributed by atoms with Crippen LogP contribution in [-0.2, 0) is 6.54 Å². The first kappa shape index (κ1) is 15.1. The molecule has 1 atom stereocenters. The summed E-state index contributed by atoms with van der Waals surface area (Å²) >= 11 is 0. The van der Waals surface area contributed by atoms with E-state index in [9.17, 15) is 0 Å². The molecule has 1 N–H and O–H groups in total. The third-order valence-electron chi connectivity index (χ3n) is 3.56. The summed E-state index contributed by atoms with van der Waals surface area (Å²) in [5, 5.41) is 12.6. The zero-order valence-corrected chi connectivity index (χ0v) is 12.5. The second kappa shape index (κ2) is 7.47. The molecule has 0 heterocycles. The van der Waals surface area contributed by atoms with Crippen molar-refractivity contribution >= 4 is 0 Å². The molecule has 3 nitrogen and oxygen atoms in total. The van der Waals surface area contributed by atoms with Crippen LogP contribution in [0.4, 0.5) is 0 Å². The van der Waals surface area contributed by atoms with E-state index in [-0.39, 0.29) is 0 Å². The topological polar surface area (TPSA) is 45.0 Å². The van der Waals surface area contributed by atoms with Gasteiger partial charge in [0.2, 0.25) is 0 Å². The number of methoxy groups -OCH3 is 1. The van der Waals surface area contributed by atoms with Crippen molar-refractivity contribution in [3.8, 4) is 11.8 Å². The Morgan fingerprint density at radius 3 is 2.57 bits per heavy atom. The Bertz CT molecular complexity index is 617. The number of hydrogen-bond acceptors (Lipinski definition) is 3. The number of ether oxygens (including phenoxy) is 1. The second-order valence-corrected chi connectivity index (χ2v) is 4.89. The molecular formula is C18H20N2O. The van der Waals surface area contributed by atoms with Gasteiger partial charge >= 0.3 is 0 Å². The molecule has 108 valence electrons. The van der Waals surface area contributed by atoms with E-state index in [2.05, 4.69) is 42.6 Å². The van der Waals surface area contributed by atoms with E-state index < -0.39 is 0 Å². The van der Waals surface area contributed by atoms with E-state index in [1.54, 1.807) is 13.2 Å². The summed E-state index contributed by atoms with van der Waals surface area (Å²) in [7, 11) is 1.65. The molecule has 0 radical (unpaired) electrons. The van der Waals surface area contributed by atoms with Crippen molar-refractivity contribution < 1.29 is 4.74 Å². The number of nitriles is 1. The standard InChI is InChI=1S/C18H20N2O/c1-3-17(15-7-5-4-6-8-15)20-13-16-11-14(12-19)9-10-18(16)21-2/h4-11,17,20H,3,13H2,1-2H3. The first-order chi connectivity index (χ1) is 10.3. The summed E-state index contributed by atoms with van der Waals surface area (Å²) in [5.41, 5.74) is 2.93. The quantitative estimate of drug-likeness (QED) is 0.875. The highest BCUT2D eigenvalue weighted by Gasteiger charge is 2.10. The smallest absolute Gasteiger partial charge is 0.123 e. The van der Waals surface area contributed by atoms with Crippen LogP contribution in [0, 0.1) is 11.3 Å². The molecule has 1 unspecified atom stereocenters. The van der Waals surface area contributed by atoms with Gasteiger partial charge in [-0.15, -0.1) is 0 Å². The average Bonchev–Trinajstić information content (AvgIpc) is 2.56. The molecular weight excluding hydrogens is 260 g/mol. The second-order valence-electron chi connectivity index (χ2n) is 4.89. The van der Waals surface area contributed by atoms with Crippen LogP contribution in [0.15, 0.2) is 48.5 Å². The first-order valence-corrected chi connectivity index (χ1v) is 7.13. The monoisotopic (exact) mass is 280 g/mol. The molecule has 2 aromatic carbocycles. The molecule has 0 amide bonds. The summed E-state index contributed by atoms with van der Waals surface area (Å²) in [6.45, 7) is 2.83. The third kappa shape index (κ3) is 3.84. The number of nitrogens with zero attached hydrogens (tertiary/aromatic N) is 1. The molecule has 0 bridgehead atoms. The fraction of sp³-hybridized carbons (Fsp3) is 0.278. The van der Waals surface area contributed by atoms with Crippen molar-refractivity contribution in [1.82, 2.24) is 5.32 Å². The molecule has 0 aromatic heterocycles. The molecule has 0 fully saturated rings. The molecule has 0 spiro atoms. The van der Waals surface area contributed by atoms with Crippen LogP contribution in [0.5, 0.6) is 5.75 Å². The van der Waals surface area contributed by atoms with Crippen LogP contribution < -0.4 is 10.1 Å². The van der Waals surface area contributed by atoms with Crippen LogP contribution in [0.25, 0.3) is 0 Å². The minimum atomic E-state index is 0.293. The maximum absolute atomic E-state index is 9.02. The van der Waals surface area contributed by atoms with E-state index >= 15 is 0 Å². The molecule has 2 rings (SSSR count). The third-order valence-corrected chi connectivity index (χ3v) is 3.56. The predicted molar refractivity (Wildman–Crippen MR) is 84.0 cm³/mol. The molecule has 21 heavy (non-hydrogen) atoms. The van der Waals surface area contributed by atoms with Gasteiger partial charge in [-0.25, -0.2) is 0 Å². The molecule has 0 saturated heterocycles. The Hall–Kier alpha value is -2.31. The van der Waals surface area contributed by atoms with Gasteiger partial charge in [0.15, 0.2) is 0 Å². The van der Waals surface area contributed by atoms with E-state index in [1.165, 1.54) is 5.56 Å². The van der Waals surface area contributed by atoms with E-state index in [1.807, 2.05) is 18.2 Å². The zero-order valence-electron chi connectivity index (χ0n) is 12.5. The van der Waals surface area contributed by atoms with Crippen LogP contribution in [0.3, 0.4) is 0 Å². The number of rotatable bonds is 6. The van der Waals surface area contributed by atoms with Crippen molar-refractivity contribution in [3.05, 3.63) is 65.2 Å². The van der Waals surface area contributed by atoms with Gasteiger partial charge in [0.25, 0.3) is 0 Å². The summed E-state index contributed by atoms with van der Waals surface area (Å²) in [6, 6.07) is 18.3. The van der Waals surface area contributed by atoms with Gasteiger partial charge in [0, 0.05) is 18.2 Å². The lowest BCUT2D eigenvalue weighted by molar-refractivity contribution is 0.404. The Kier molecular flexibility index (Phi) is 5.36. The van der Waals surface area contributed by atoms with Crippen LogP contribution in [-0.4, -0.2) is 7.11 Å². The molecule has 0 aliphatic rings. The van der Waals surface area contributed by atoms with Gasteiger partial charge in [0.05, 0.1) is 18.7 Å². The molecule has 2 aromatic rings. The summed E-state index contributed by atoms with van der Waals surface area (Å²) in [6.07, 6.45) is 1.00. The normalized spacial score (nSPS) is 11.7. The highest BCUT2D eigenvalue weighted by molar-refractivity contribution is 5.42. The van der Waals surface area contributed by atoms with Crippen molar-refractivity contribution in [2.75, 3.05) is 7.11 Å². The lowest BCUT2D eigenvalue weighted by Crippen LogP contribution is -2.20. The molecule has 0 aliphatic carbocycles. The molecule has 0 saturated carbocycles. The predicted octanol–water partition coefficient (Wildman–Crippen LogP) is 3.81. The van der Waals surface area contributed by atoms with Gasteiger partial charge < -0.3 is 10.1 Å². The van der Waals surface area contributed by atoms with Crippen molar-refractivity contribution in [3.63, 3.8) is 0 Å². The summed E-state index contributed by atoms with van der Waals surface area (Å²) in [4.78, 5) is 0. The van der Waals surface area contributed by atoms with E-state index in [4.69, 9.17) is 10.00 Å². The van der Waals surface area contributed by atoms with Crippen LogP contribution in [0.1, 0.15) is 36.1 Å². The van der Waals surface area contributed by atoms with Crippen molar-refractivity contribution in [2.24, 2.45) is 0 Å². The first-order valence-electron chi connectivity index (χ1n) is 7.13. The number of benzene rings is 2. The van der Waals surface area contributed by atoms with Crippen LogP contribution in [0.2, 0.25) is 0 Å². The highest BCUT2D eigenvalue weighted by atomic mass is 16.5. The molecule has 3 heteroatoms. The van der Waals surface area contributed by atoms with Gasteiger partial charge in [-0.05, 0) is 30.2 Å². The largest absolute Gasteiger partial charge is 0.496 e. The zero-order chi connectivity index (χ0) is 15.1. The summed E-state index contributed by atoms with van der Waals surface area (Å²) in [5.74, 6) is 0.810. The lowest BCUT2D eigenvalue weighted by atomic mass is 10.0. The fourth-order valence-electron chi connectivity index (χ4n) is 2.40. The Morgan fingerprint density at radius 2 is 1.95 bits per heavy atom. The van der Waals surface area contributed by atoms with Gasteiger partial charge in [0.1, 0.15) is 5.75 Å². The minimum Gasteiger partial charge on any atom is -0.496 e. The Balaban J connectivity index is 2.13. The summed E-state index contributed by atoms with van der Waals surface area (Å²) < 4.78 is 5.37.